The van der Waals surface area contributed by atoms with E-state index in [1.54, 1.807) is 24.1 Å². The fourth-order valence-electron chi connectivity index (χ4n) is 3.22. The lowest BCUT2D eigenvalue weighted by atomic mass is 9.83. The molecule has 0 bridgehead atoms. The minimum atomic E-state index is -0.811. The first-order chi connectivity index (χ1) is 12.1. The topological polar surface area (TPSA) is 77.9 Å². The van der Waals surface area contributed by atoms with Crippen LogP contribution in [0.2, 0.25) is 5.02 Å². The fourth-order valence-corrected chi connectivity index (χ4v) is 3.34. The van der Waals surface area contributed by atoms with Gasteiger partial charge >= 0.3 is 5.97 Å². The smallest absolute Gasteiger partial charge is 0.306 e. The molecule has 0 unspecified atom stereocenters. The molecule has 1 heterocycles. The Morgan fingerprint density at radius 2 is 1.73 bits per heavy atom. The van der Waals surface area contributed by atoms with Crippen LogP contribution in [0.25, 0.3) is 0 Å². The van der Waals surface area contributed by atoms with Crippen LogP contribution >= 0.6 is 11.6 Å². The molecule has 7 heteroatoms. The van der Waals surface area contributed by atoms with Crippen LogP contribution in [0.1, 0.15) is 32.3 Å². The van der Waals surface area contributed by atoms with Crippen molar-refractivity contribution in [1.82, 2.24) is 9.80 Å². The molecule has 2 rings (SSSR count). The van der Waals surface area contributed by atoms with Gasteiger partial charge in [-0.1, -0.05) is 23.7 Å². The van der Waals surface area contributed by atoms with E-state index in [1.807, 2.05) is 26.0 Å². The SMILES string of the molecule is CN(CC(=O)N1CCC(C(=O)O)CC1)C(=O)C(C)(C)c1ccc(Cl)cc1. The van der Waals surface area contributed by atoms with Gasteiger partial charge in [-0.2, -0.15) is 0 Å². The number of carboxylic acid groups (broad SMARTS) is 1. The number of rotatable bonds is 5. The first kappa shape index (κ1) is 20.2. The van der Waals surface area contributed by atoms with Gasteiger partial charge in [0.1, 0.15) is 0 Å². The summed E-state index contributed by atoms with van der Waals surface area (Å²) in [5.41, 5.74) is 0.0455. The van der Waals surface area contributed by atoms with Crippen molar-refractivity contribution in [1.29, 1.82) is 0 Å². The molecule has 1 aromatic carbocycles. The molecular weight excluding hydrogens is 356 g/mol. The number of hydrogen-bond donors (Lipinski definition) is 1. The number of benzene rings is 1. The van der Waals surface area contributed by atoms with Crippen LogP contribution in [0.15, 0.2) is 24.3 Å². The van der Waals surface area contributed by atoms with Gasteiger partial charge < -0.3 is 14.9 Å². The van der Waals surface area contributed by atoms with Gasteiger partial charge in [-0.05, 0) is 44.4 Å². The Morgan fingerprint density at radius 1 is 1.19 bits per heavy atom. The third-order valence-corrected chi connectivity index (χ3v) is 5.27. The first-order valence-electron chi connectivity index (χ1n) is 8.65. The predicted octanol–water partition coefficient (Wildman–Crippen LogP) is 2.40. The van der Waals surface area contributed by atoms with E-state index in [2.05, 4.69) is 0 Å². The zero-order valence-corrected chi connectivity index (χ0v) is 16.1. The summed E-state index contributed by atoms with van der Waals surface area (Å²) in [4.78, 5) is 39.4. The molecule has 0 saturated carbocycles. The van der Waals surface area contributed by atoms with Gasteiger partial charge in [-0.15, -0.1) is 0 Å². The van der Waals surface area contributed by atoms with Crippen LogP contribution < -0.4 is 0 Å². The van der Waals surface area contributed by atoms with Gasteiger partial charge in [0.15, 0.2) is 0 Å². The van der Waals surface area contributed by atoms with Crippen molar-refractivity contribution >= 4 is 29.4 Å². The Labute approximate surface area is 158 Å². The highest BCUT2D eigenvalue weighted by Gasteiger charge is 2.34. The monoisotopic (exact) mass is 380 g/mol. The molecule has 0 aromatic heterocycles. The van der Waals surface area contributed by atoms with Crippen molar-refractivity contribution in [3.63, 3.8) is 0 Å². The minimum absolute atomic E-state index is 0.0202. The number of halogens is 1. The summed E-state index contributed by atoms with van der Waals surface area (Å²) in [6.45, 7) is 4.44. The van der Waals surface area contributed by atoms with E-state index in [9.17, 15) is 14.4 Å². The quantitative estimate of drug-likeness (QED) is 0.850. The van der Waals surface area contributed by atoms with Crippen LogP contribution in [-0.4, -0.2) is 59.4 Å². The molecule has 0 aliphatic carbocycles. The van der Waals surface area contributed by atoms with E-state index in [0.717, 1.165) is 5.56 Å². The second kappa shape index (κ2) is 8.08. The number of amides is 2. The lowest BCUT2D eigenvalue weighted by Gasteiger charge is -2.33. The molecule has 26 heavy (non-hydrogen) atoms. The number of carbonyl (C=O) groups excluding carboxylic acids is 2. The lowest BCUT2D eigenvalue weighted by Crippen LogP contribution is -2.48. The van der Waals surface area contributed by atoms with Gasteiger partial charge in [-0.3, -0.25) is 14.4 Å². The first-order valence-corrected chi connectivity index (χ1v) is 9.03. The maximum Gasteiger partial charge on any atom is 0.306 e. The van der Waals surface area contributed by atoms with Gasteiger partial charge in [0.2, 0.25) is 11.8 Å². The number of carboxylic acids is 1. The second-order valence-corrected chi connectivity index (χ2v) is 7.72. The number of likely N-dealkylation sites (N-methyl/N-ethyl adjacent to an activating group) is 1. The number of hydrogen-bond acceptors (Lipinski definition) is 3. The van der Waals surface area contributed by atoms with Gasteiger partial charge in [0, 0.05) is 25.2 Å². The largest absolute Gasteiger partial charge is 0.481 e. The number of likely N-dealkylation sites (tertiary alicyclic amines) is 1. The second-order valence-electron chi connectivity index (χ2n) is 7.29. The molecule has 0 radical (unpaired) electrons. The van der Waals surface area contributed by atoms with Crippen LogP contribution in [0.4, 0.5) is 0 Å². The molecule has 6 nitrogen and oxygen atoms in total. The Morgan fingerprint density at radius 3 is 2.23 bits per heavy atom. The highest BCUT2D eigenvalue weighted by atomic mass is 35.5. The van der Waals surface area contributed by atoms with Crippen molar-refractivity contribution < 1.29 is 19.5 Å². The maximum atomic E-state index is 12.9. The summed E-state index contributed by atoms with van der Waals surface area (Å²) in [7, 11) is 1.61. The fraction of sp³-hybridized carbons (Fsp3) is 0.526. The van der Waals surface area contributed by atoms with Crippen LogP contribution in [0.5, 0.6) is 0 Å². The predicted molar refractivity (Wildman–Crippen MR) is 99.1 cm³/mol. The highest BCUT2D eigenvalue weighted by molar-refractivity contribution is 6.30. The molecule has 1 aromatic rings. The summed E-state index contributed by atoms with van der Waals surface area (Å²) in [6.07, 6.45) is 0.907. The van der Waals surface area contributed by atoms with Crippen molar-refractivity contribution in [2.24, 2.45) is 5.92 Å². The number of carbonyl (C=O) groups is 3. The maximum absolute atomic E-state index is 12.9. The Hall–Kier alpha value is -2.08. The van der Waals surface area contributed by atoms with E-state index in [4.69, 9.17) is 16.7 Å². The van der Waals surface area contributed by atoms with E-state index in [-0.39, 0.29) is 24.3 Å². The average molecular weight is 381 g/mol. The molecule has 0 spiro atoms. The van der Waals surface area contributed by atoms with Crippen LogP contribution in [0, 0.1) is 5.92 Å². The minimum Gasteiger partial charge on any atom is -0.481 e. The van der Waals surface area contributed by atoms with E-state index in [1.165, 1.54) is 4.90 Å². The average Bonchev–Trinajstić information content (AvgIpc) is 2.61. The molecule has 1 fully saturated rings. The molecule has 1 N–H and O–H groups in total. The standard InChI is InChI=1S/C19H25ClN2O4/c1-19(2,14-4-6-15(20)7-5-14)18(26)21(3)12-16(23)22-10-8-13(9-11-22)17(24)25/h4-7,13H,8-12H2,1-3H3,(H,24,25). The zero-order chi connectivity index (χ0) is 19.5. The summed E-state index contributed by atoms with van der Waals surface area (Å²) >= 11 is 5.91. The molecule has 1 aliphatic heterocycles. The third kappa shape index (κ3) is 4.55. The summed E-state index contributed by atoms with van der Waals surface area (Å²) < 4.78 is 0. The highest BCUT2D eigenvalue weighted by Crippen LogP contribution is 2.27. The van der Waals surface area contributed by atoms with Crippen molar-refractivity contribution in [3.8, 4) is 0 Å². The Balaban J connectivity index is 1.97. The molecule has 2 amide bonds. The Kier molecular flexibility index (Phi) is 6.29. The zero-order valence-electron chi connectivity index (χ0n) is 15.4. The summed E-state index contributed by atoms with van der Waals surface area (Å²) in [5.74, 6) is -1.51. The van der Waals surface area contributed by atoms with Crippen LogP contribution in [0.3, 0.4) is 0 Å². The van der Waals surface area contributed by atoms with E-state index >= 15 is 0 Å². The van der Waals surface area contributed by atoms with Gasteiger partial charge in [0.25, 0.3) is 0 Å². The summed E-state index contributed by atoms with van der Waals surface area (Å²) in [5, 5.41) is 9.63. The van der Waals surface area contributed by atoms with E-state index in [0.29, 0.717) is 31.0 Å². The van der Waals surface area contributed by atoms with Crippen LogP contribution in [-0.2, 0) is 19.8 Å². The van der Waals surface area contributed by atoms with Gasteiger partial charge in [-0.25, -0.2) is 0 Å². The van der Waals surface area contributed by atoms with Gasteiger partial charge in [0.05, 0.1) is 17.9 Å². The van der Waals surface area contributed by atoms with Crippen molar-refractivity contribution in [2.45, 2.75) is 32.1 Å². The molecule has 1 aliphatic rings. The van der Waals surface area contributed by atoms with Crippen molar-refractivity contribution in [2.75, 3.05) is 26.7 Å². The van der Waals surface area contributed by atoms with Crippen molar-refractivity contribution in [3.05, 3.63) is 34.9 Å². The Bertz CT molecular complexity index is 679. The normalized spacial score (nSPS) is 15.6. The molecule has 0 atom stereocenters. The lowest BCUT2D eigenvalue weighted by molar-refractivity contribution is -0.147. The molecule has 1 saturated heterocycles. The number of piperidine rings is 1. The molecular formula is C19H25ClN2O4. The number of nitrogens with zero attached hydrogens (tertiary/aromatic N) is 2. The molecule has 142 valence electrons. The summed E-state index contributed by atoms with van der Waals surface area (Å²) in [6, 6.07) is 7.10. The number of aliphatic carboxylic acids is 1. The third-order valence-electron chi connectivity index (χ3n) is 5.02. The van der Waals surface area contributed by atoms with E-state index < -0.39 is 11.4 Å².